The molecule has 0 aliphatic carbocycles. The zero-order chi connectivity index (χ0) is 14.6. The lowest BCUT2D eigenvalue weighted by Crippen LogP contribution is -2.20. The topological polar surface area (TPSA) is 86.5 Å². The number of nitro benzene ring substituents is 1. The van der Waals surface area contributed by atoms with Gasteiger partial charge in [0.2, 0.25) is 0 Å². The molecule has 0 fully saturated rings. The third-order valence-electron chi connectivity index (χ3n) is 2.97. The van der Waals surface area contributed by atoms with Gasteiger partial charge in [-0.3, -0.25) is 10.1 Å². The molecule has 1 heterocycles. The van der Waals surface area contributed by atoms with Gasteiger partial charge in [-0.1, -0.05) is 23.2 Å². The molecule has 0 N–H and O–H groups in total. The third kappa shape index (κ3) is 1.59. The van der Waals surface area contributed by atoms with Gasteiger partial charge >= 0.3 is 11.9 Å². The van der Waals surface area contributed by atoms with Crippen LogP contribution in [0.1, 0.15) is 20.7 Å². The second-order valence-corrected chi connectivity index (χ2v) is 4.82. The SMILES string of the molecule is O=C1OC(=O)c2cc([N+](=O)[O-])c(Cl)c3c(Cl)ccc1c23. The Morgan fingerprint density at radius 1 is 1.05 bits per heavy atom. The van der Waals surface area contributed by atoms with Gasteiger partial charge in [-0.05, 0) is 12.1 Å². The molecule has 6 nitrogen and oxygen atoms in total. The number of halogens is 2. The van der Waals surface area contributed by atoms with E-state index in [2.05, 4.69) is 4.74 Å². The first-order chi connectivity index (χ1) is 9.41. The van der Waals surface area contributed by atoms with Crippen LogP contribution in [0, 0.1) is 10.1 Å². The predicted molar refractivity (Wildman–Crippen MR) is 70.4 cm³/mol. The Hall–Kier alpha value is -2.18. The number of nitro groups is 1. The van der Waals surface area contributed by atoms with E-state index in [1.165, 1.54) is 12.1 Å². The van der Waals surface area contributed by atoms with E-state index >= 15 is 0 Å². The van der Waals surface area contributed by atoms with Crippen LogP contribution in [-0.4, -0.2) is 16.9 Å². The van der Waals surface area contributed by atoms with Gasteiger partial charge in [0.25, 0.3) is 5.69 Å². The maximum Gasteiger partial charge on any atom is 0.346 e. The van der Waals surface area contributed by atoms with Crippen molar-refractivity contribution in [3.8, 4) is 0 Å². The first-order valence-electron chi connectivity index (χ1n) is 5.27. The van der Waals surface area contributed by atoms with Crippen molar-refractivity contribution in [3.05, 3.63) is 49.5 Å². The van der Waals surface area contributed by atoms with Gasteiger partial charge in [-0.15, -0.1) is 0 Å². The molecule has 0 saturated heterocycles. The molecule has 100 valence electrons. The summed E-state index contributed by atoms with van der Waals surface area (Å²) in [5.41, 5.74) is -0.483. The summed E-state index contributed by atoms with van der Waals surface area (Å²) >= 11 is 12.0. The summed E-state index contributed by atoms with van der Waals surface area (Å²) in [6.45, 7) is 0. The number of carbonyl (C=O) groups excluding carboxylic acids is 2. The van der Waals surface area contributed by atoms with Gasteiger partial charge in [0.05, 0.1) is 21.1 Å². The molecule has 0 bridgehead atoms. The molecule has 0 radical (unpaired) electrons. The number of esters is 2. The molecule has 1 aliphatic heterocycles. The van der Waals surface area contributed by atoms with Gasteiger partial charge in [0, 0.05) is 16.8 Å². The van der Waals surface area contributed by atoms with Crippen LogP contribution in [0.2, 0.25) is 10.0 Å². The highest BCUT2D eigenvalue weighted by atomic mass is 35.5. The summed E-state index contributed by atoms with van der Waals surface area (Å²) in [6, 6.07) is 3.74. The highest BCUT2D eigenvalue weighted by Gasteiger charge is 2.32. The van der Waals surface area contributed by atoms with Crippen LogP contribution in [0.15, 0.2) is 18.2 Å². The van der Waals surface area contributed by atoms with E-state index in [0.29, 0.717) is 0 Å². The summed E-state index contributed by atoms with van der Waals surface area (Å²) in [7, 11) is 0. The zero-order valence-electron chi connectivity index (χ0n) is 9.48. The van der Waals surface area contributed by atoms with Crippen molar-refractivity contribution in [1.82, 2.24) is 0 Å². The van der Waals surface area contributed by atoms with Crippen molar-refractivity contribution in [2.45, 2.75) is 0 Å². The first kappa shape index (κ1) is 12.8. The van der Waals surface area contributed by atoms with E-state index in [-0.39, 0.29) is 31.9 Å². The molecule has 1 aliphatic rings. The molecule has 2 aromatic rings. The Morgan fingerprint density at radius 2 is 1.70 bits per heavy atom. The minimum atomic E-state index is -0.963. The van der Waals surface area contributed by atoms with Crippen LogP contribution < -0.4 is 0 Å². The van der Waals surface area contributed by atoms with Crippen LogP contribution >= 0.6 is 23.2 Å². The lowest BCUT2D eigenvalue weighted by molar-refractivity contribution is -0.384. The molecule has 0 atom stereocenters. The molecule has 0 unspecified atom stereocenters. The predicted octanol–water partition coefficient (Wildman–Crippen LogP) is 3.37. The molecule has 0 amide bonds. The van der Waals surface area contributed by atoms with Crippen LogP contribution in [0.3, 0.4) is 0 Å². The Bertz CT molecular complexity index is 830. The minimum Gasteiger partial charge on any atom is -0.386 e. The van der Waals surface area contributed by atoms with Crippen molar-refractivity contribution < 1.29 is 19.2 Å². The van der Waals surface area contributed by atoms with Gasteiger partial charge < -0.3 is 4.74 Å². The number of benzene rings is 2. The Morgan fingerprint density at radius 3 is 2.35 bits per heavy atom. The van der Waals surface area contributed by atoms with Gasteiger partial charge in [-0.2, -0.15) is 0 Å². The second-order valence-electron chi connectivity index (χ2n) is 4.04. The van der Waals surface area contributed by atoms with Gasteiger partial charge in [-0.25, -0.2) is 9.59 Å². The van der Waals surface area contributed by atoms with E-state index < -0.39 is 22.5 Å². The smallest absolute Gasteiger partial charge is 0.346 e. The standard InChI is InChI=1S/C12H3Cl2NO5/c13-6-2-1-4-8-5(12(17)20-11(4)16)3-7(15(18)19)10(14)9(6)8/h1-3H. The third-order valence-corrected chi connectivity index (χ3v) is 3.67. The number of nitrogens with zero attached hydrogens (tertiary/aromatic N) is 1. The lowest BCUT2D eigenvalue weighted by atomic mass is 9.96. The molecule has 2 aromatic carbocycles. The van der Waals surface area contributed by atoms with Crippen molar-refractivity contribution in [2.75, 3.05) is 0 Å². The molecule has 8 heteroatoms. The number of rotatable bonds is 1. The Labute approximate surface area is 121 Å². The van der Waals surface area contributed by atoms with Crippen molar-refractivity contribution in [1.29, 1.82) is 0 Å². The van der Waals surface area contributed by atoms with E-state index in [0.717, 1.165) is 6.07 Å². The van der Waals surface area contributed by atoms with E-state index in [1.54, 1.807) is 0 Å². The number of carbonyl (C=O) groups is 2. The molecular weight excluding hydrogens is 309 g/mol. The number of ether oxygens (including phenoxy) is 1. The normalized spacial score (nSPS) is 13.5. The fourth-order valence-electron chi connectivity index (χ4n) is 2.13. The van der Waals surface area contributed by atoms with Crippen LogP contribution in [0.25, 0.3) is 10.8 Å². The molecular formula is C12H3Cl2NO5. The highest BCUT2D eigenvalue weighted by Crippen LogP contribution is 2.42. The van der Waals surface area contributed by atoms with Crippen LogP contribution in [0.5, 0.6) is 0 Å². The van der Waals surface area contributed by atoms with Crippen LogP contribution in [-0.2, 0) is 4.74 Å². The largest absolute Gasteiger partial charge is 0.386 e. The van der Waals surface area contributed by atoms with Crippen molar-refractivity contribution in [2.24, 2.45) is 0 Å². The monoisotopic (exact) mass is 311 g/mol. The first-order valence-corrected chi connectivity index (χ1v) is 6.03. The quantitative estimate of drug-likeness (QED) is 0.349. The molecule has 20 heavy (non-hydrogen) atoms. The average molecular weight is 312 g/mol. The number of hydrogen-bond donors (Lipinski definition) is 0. The number of hydrogen-bond acceptors (Lipinski definition) is 5. The van der Waals surface area contributed by atoms with Gasteiger partial charge in [0.1, 0.15) is 5.02 Å². The van der Waals surface area contributed by atoms with Crippen LogP contribution in [0.4, 0.5) is 5.69 Å². The summed E-state index contributed by atoms with van der Waals surface area (Å²) in [5.74, 6) is -1.80. The Balaban J connectivity index is 2.60. The van der Waals surface area contributed by atoms with E-state index in [1.807, 2.05) is 0 Å². The van der Waals surface area contributed by atoms with Gasteiger partial charge in [0.15, 0.2) is 0 Å². The molecule has 0 spiro atoms. The minimum absolute atomic E-state index is 0.0933. The number of cyclic esters (lactones) is 2. The summed E-state index contributed by atoms with van der Waals surface area (Å²) in [6.07, 6.45) is 0. The van der Waals surface area contributed by atoms with Crippen molar-refractivity contribution >= 4 is 51.6 Å². The maximum absolute atomic E-state index is 11.7. The fourth-order valence-corrected chi connectivity index (χ4v) is 2.75. The zero-order valence-corrected chi connectivity index (χ0v) is 11.0. The van der Waals surface area contributed by atoms with Crippen molar-refractivity contribution in [3.63, 3.8) is 0 Å². The summed E-state index contributed by atoms with van der Waals surface area (Å²) in [4.78, 5) is 33.6. The molecule has 3 rings (SSSR count). The summed E-state index contributed by atoms with van der Waals surface area (Å²) < 4.78 is 4.53. The fraction of sp³-hybridized carbons (Fsp3) is 0. The van der Waals surface area contributed by atoms with E-state index in [9.17, 15) is 19.7 Å². The molecule has 0 saturated carbocycles. The van der Waals surface area contributed by atoms with E-state index in [4.69, 9.17) is 23.2 Å². The molecule has 0 aromatic heterocycles. The lowest BCUT2D eigenvalue weighted by Gasteiger charge is -2.16. The highest BCUT2D eigenvalue weighted by molar-refractivity contribution is 6.45. The maximum atomic E-state index is 11.7. The Kier molecular flexibility index (Phi) is 2.67. The second kappa shape index (κ2) is 4.16. The summed E-state index contributed by atoms with van der Waals surface area (Å²) in [5, 5.41) is 11.1. The average Bonchev–Trinajstić information content (AvgIpc) is 2.37.